The number of rotatable bonds is 4. The molecule has 3 heteroatoms. The molecule has 2 aromatic carbocycles. The van der Waals surface area contributed by atoms with Crippen molar-refractivity contribution in [1.82, 2.24) is 0 Å². The molecule has 0 aromatic heterocycles. The third-order valence-corrected chi connectivity index (χ3v) is 11.7. The van der Waals surface area contributed by atoms with Gasteiger partial charge < -0.3 is 24.8 Å². The molecule has 0 aliphatic heterocycles. The van der Waals surface area contributed by atoms with Gasteiger partial charge in [-0.1, -0.05) is 0 Å². The van der Waals surface area contributed by atoms with Gasteiger partial charge in [-0.25, -0.2) is 0 Å². The zero-order valence-corrected chi connectivity index (χ0v) is 21.1. The molecule has 0 saturated carbocycles. The fourth-order valence-electron chi connectivity index (χ4n) is 4.53. The molecule has 0 radical (unpaired) electrons. The summed E-state index contributed by atoms with van der Waals surface area (Å²) in [6.07, 6.45) is 8.12. The molecule has 0 amide bonds. The molecule has 0 N–H and O–H groups in total. The van der Waals surface area contributed by atoms with Gasteiger partial charge in [0.05, 0.1) is 0 Å². The fourth-order valence-corrected chi connectivity index (χ4v) is 10.2. The number of hydrogen-bond donors (Lipinski definition) is 0. The Bertz CT molecular complexity index is 1010. The van der Waals surface area contributed by atoms with E-state index >= 15 is 0 Å². The summed E-state index contributed by atoms with van der Waals surface area (Å²) in [5.74, 6) is 0.555. The summed E-state index contributed by atoms with van der Waals surface area (Å²) in [4.78, 5) is 0. The van der Waals surface area contributed by atoms with Crippen LogP contribution in [0.3, 0.4) is 0 Å². The van der Waals surface area contributed by atoms with Crippen LogP contribution in [0.4, 0.5) is 0 Å². The molecule has 0 saturated heterocycles. The Morgan fingerprint density at radius 3 is 1.73 bits per heavy atom. The van der Waals surface area contributed by atoms with E-state index in [1.807, 2.05) is 0 Å². The summed E-state index contributed by atoms with van der Waals surface area (Å²) < 4.78 is 5.01. The Kier molecular flexibility index (Phi) is 8.89. The summed E-state index contributed by atoms with van der Waals surface area (Å²) >= 11 is -1.92. The molecule has 1 unspecified atom stereocenters. The molecule has 0 bridgehead atoms. The Hall–Kier alpha value is -1.44. The predicted octanol–water partition coefficient (Wildman–Crippen LogP) is 0.986. The van der Waals surface area contributed by atoms with Gasteiger partial charge in [0.1, 0.15) is 0 Å². The topological polar surface area (TPSA) is 0 Å². The summed E-state index contributed by atoms with van der Waals surface area (Å²) in [7, 11) is 0. The van der Waals surface area contributed by atoms with Gasteiger partial charge in [0, 0.05) is 0 Å². The van der Waals surface area contributed by atoms with Crippen LogP contribution >= 0.6 is 0 Å². The van der Waals surface area contributed by atoms with Gasteiger partial charge in [-0.15, -0.1) is 0 Å². The van der Waals surface area contributed by atoms with E-state index in [0.29, 0.717) is 5.92 Å². The molecule has 0 nitrogen and oxygen atoms in total. The third-order valence-electron chi connectivity index (χ3n) is 6.38. The van der Waals surface area contributed by atoms with Gasteiger partial charge in [0.15, 0.2) is 0 Å². The van der Waals surface area contributed by atoms with E-state index in [0.717, 1.165) is 6.42 Å². The zero-order chi connectivity index (χ0) is 19.7. The molecule has 2 aliphatic carbocycles. The van der Waals surface area contributed by atoms with Crippen molar-refractivity contribution in [3.05, 3.63) is 114 Å². The first kappa shape index (κ1) is 24.8. The number of hydrogen-bond acceptors (Lipinski definition) is 0. The van der Waals surface area contributed by atoms with Gasteiger partial charge in [0.25, 0.3) is 0 Å². The van der Waals surface area contributed by atoms with E-state index in [9.17, 15) is 0 Å². The summed E-state index contributed by atoms with van der Waals surface area (Å²) in [5, 5.41) is 0. The van der Waals surface area contributed by atoms with E-state index in [2.05, 4.69) is 107 Å². The normalized spacial score (nSPS) is 17.2. The van der Waals surface area contributed by atoms with Crippen LogP contribution in [0.2, 0.25) is 0 Å². The molecule has 30 heavy (non-hydrogen) atoms. The molecule has 4 rings (SSSR count). The minimum atomic E-state index is -1.92. The van der Waals surface area contributed by atoms with Crippen LogP contribution in [-0.4, -0.2) is 3.81 Å². The molecule has 1 atom stereocenters. The van der Waals surface area contributed by atoms with Gasteiger partial charge in [-0.3, -0.25) is 0 Å². The minimum absolute atomic E-state index is 0. The molecule has 0 spiro atoms. The summed E-state index contributed by atoms with van der Waals surface area (Å²) in [6, 6.07) is 22.2. The van der Waals surface area contributed by atoms with Crippen LogP contribution in [-0.2, 0) is 17.4 Å². The standard InChI is InChI=1S/C13H10.C9H13.C5H5.2ClH.Ti/c1-3-7-12(8-4-1)11-13-9-5-2-6-10-13;1-6-5-7(2)9(4)8(6)3;1-2-4-5-3-1;;;/h1-10H;6H,1-4H3;1-3H,4H2;2*1H;/q;;;;;+2/p-2. The number of allylic oxidation sites excluding steroid dienone is 8. The molecular weight excluding hydrogens is 443 g/mol. The maximum Gasteiger partial charge on any atom is -1.00 e. The van der Waals surface area contributed by atoms with Crippen LogP contribution in [0.15, 0.2) is 103 Å². The maximum absolute atomic E-state index is 2.42. The van der Waals surface area contributed by atoms with Crippen LogP contribution in [0, 0.1) is 5.92 Å². The quantitative estimate of drug-likeness (QED) is 0.584. The van der Waals surface area contributed by atoms with Crippen molar-refractivity contribution in [2.75, 3.05) is 0 Å². The monoisotopic (exact) mass is 470 g/mol. The second kappa shape index (κ2) is 10.7. The van der Waals surface area contributed by atoms with Gasteiger partial charge >= 0.3 is 176 Å². The molecule has 0 heterocycles. The van der Waals surface area contributed by atoms with Crippen molar-refractivity contribution in [3.63, 3.8) is 0 Å². The zero-order valence-electron chi connectivity index (χ0n) is 18.0. The average molecular weight is 471 g/mol. The number of halogens is 2. The van der Waals surface area contributed by atoms with E-state index in [4.69, 9.17) is 0 Å². The Morgan fingerprint density at radius 1 is 0.800 bits per heavy atom. The Labute approximate surface area is 199 Å². The van der Waals surface area contributed by atoms with E-state index < -0.39 is 17.4 Å². The van der Waals surface area contributed by atoms with Crippen LogP contribution in [0.25, 0.3) is 0 Å². The first-order chi connectivity index (χ1) is 13.6. The number of benzene rings is 2. The average Bonchev–Trinajstić information content (AvgIpc) is 3.33. The first-order valence-corrected chi connectivity index (χ1v) is 12.5. The Morgan fingerprint density at radius 2 is 1.33 bits per heavy atom. The van der Waals surface area contributed by atoms with Crippen LogP contribution in [0.5, 0.6) is 0 Å². The van der Waals surface area contributed by atoms with Crippen molar-refractivity contribution in [1.29, 1.82) is 0 Å². The Balaban J connectivity index is 0.00000160. The smallest absolute Gasteiger partial charge is 1.00 e. The summed E-state index contributed by atoms with van der Waals surface area (Å²) in [6.45, 7) is 9.43. The van der Waals surface area contributed by atoms with E-state index in [-0.39, 0.29) is 24.8 Å². The largest absolute Gasteiger partial charge is 1.00 e. The van der Waals surface area contributed by atoms with E-state index in [1.165, 1.54) is 16.7 Å². The van der Waals surface area contributed by atoms with Crippen molar-refractivity contribution in [3.8, 4) is 0 Å². The molecule has 0 fully saturated rings. The van der Waals surface area contributed by atoms with Crippen molar-refractivity contribution >= 4 is 3.81 Å². The van der Waals surface area contributed by atoms with Crippen LogP contribution in [0.1, 0.15) is 45.2 Å². The van der Waals surface area contributed by atoms with Gasteiger partial charge in [-0.05, 0) is 0 Å². The third kappa shape index (κ3) is 4.58. The van der Waals surface area contributed by atoms with E-state index in [1.54, 1.807) is 22.7 Å². The molecule has 154 valence electrons. The molecular formula is C27H28Cl2Ti. The van der Waals surface area contributed by atoms with Gasteiger partial charge in [0.2, 0.25) is 0 Å². The first-order valence-electron chi connectivity index (χ1n) is 10.2. The minimum Gasteiger partial charge on any atom is -1.00 e. The second-order valence-electron chi connectivity index (χ2n) is 7.87. The SMILES string of the molecule is CC1=C(C)C(C)[C]([Ti+2]([C]2=CC=CC2)=[C](c2ccccc2)c2ccccc2)=C1C.[Cl-].[Cl-]. The second-order valence-corrected chi connectivity index (χ2v) is 11.7. The summed E-state index contributed by atoms with van der Waals surface area (Å²) in [5.41, 5.74) is 7.42. The van der Waals surface area contributed by atoms with Crippen molar-refractivity contribution in [2.24, 2.45) is 5.92 Å². The molecule has 2 aliphatic rings. The predicted molar refractivity (Wildman–Crippen MR) is 118 cm³/mol. The van der Waals surface area contributed by atoms with Gasteiger partial charge in [-0.2, -0.15) is 0 Å². The fraction of sp³-hybridized carbons (Fsp3) is 0.222. The van der Waals surface area contributed by atoms with Crippen molar-refractivity contribution in [2.45, 2.75) is 34.1 Å². The maximum atomic E-state index is 2.42. The van der Waals surface area contributed by atoms with Crippen LogP contribution < -0.4 is 24.8 Å². The van der Waals surface area contributed by atoms with Crippen molar-refractivity contribution < 1.29 is 42.2 Å². The molecule has 2 aromatic rings.